The Balaban J connectivity index is 1.75. The summed E-state index contributed by atoms with van der Waals surface area (Å²) in [6, 6.07) is 7.65. The van der Waals surface area contributed by atoms with Crippen LogP contribution in [0.2, 0.25) is 5.02 Å². The Labute approximate surface area is 199 Å². The quantitative estimate of drug-likeness (QED) is 0.358. The van der Waals surface area contributed by atoms with Crippen molar-refractivity contribution in [3.8, 4) is 17.0 Å². The highest BCUT2D eigenvalue weighted by Gasteiger charge is 2.24. The molecule has 4 aromatic rings. The van der Waals surface area contributed by atoms with E-state index in [2.05, 4.69) is 20.1 Å². The minimum atomic E-state index is -2.95. The van der Waals surface area contributed by atoms with Crippen LogP contribution in [-0.2, 0) is 11.8 Å². The van der Waals surface area contributed by atoms with E-state index in [1.165, 1.54) is 22.8 Å². The first-order valence-electron chi connectivity index (χ1n) is 10.3. The number of hydrogen-bond acceptors (Lipinski definition) is 6. The highest BCUT2D eigenvalue weighted by Crippen LogP contribution is 2.33. The van der Waals surface area contributed by atoms with Gasteiger partial charge in [0, 0.05) is 42.5 Å². The lowest BCUT2D eigenvalue weighted by atomic mass is 10.2. The van der Waals surface area contributed by atoms with Crippen LogP contribution in [0.1, 0.15) is 20.8 Å². The van der Waals surface area contributed by atoms with Gasteiger partial charge in [-0.1, -0.05) is 11.6 Å². The molecule has 1 aromatic carbocycles. The second-order valence-corrected chi connectivity index (χ2v) is 8.93. The van der Waals surface area contributed by atoms with Crippen molar-refractivity contribution in [2.24, 2.45) is 7.05 Å². The van der Waals surface area contributed by atoms with E-state index in [-0.39, 0.29) is 10.8 Å². The summed E-state index contributed by atoms with van der Waals surface area (Å²) in [7, 11) is 1.79. The summed E-state index contributed by atoms with van der Waals surface area (Å²) < 4.78 is 38.0. The normalized spacial score (nSPS) is 11.8. The molecule has 0 aliphatic rings. The van der Waals surface area contributed by atoms with Gasteiger partial charge in [0.05, 0.1) is 28.1 Å². The fourth-order valence-corrected chi connectivity index (χ4v) is 3.57. The van der Waals surface area contributed by atoms with Crippen LogP contribution < -0.4 is 10.1 Å². The molecule has 0 spiro atoms. The van der Waals surface area contributed by atoms with Gasteiger partial charge in [0.1, 0.15) is 17.2 Å². The fraction of sp³-hybridized carbons (Fsp3) is 0.261. The molecule has 0 saturated carbocycles. The lowest BCUT2D eigenvalue weighted by molar-refractivity contribution is -0.0498. The molecule has 1 N–H and O–H groups in total. The lowest BCUT2D eigenvalue weighted by Crippen LogP contribution is -2.27. The van der Waals surface area contributed by atoms with Gasteiger partial charge in [-0.15, -0.1) is 0 Å². The molecule has 34 heavy (non-hydrogen) atoms. The third-order valence-corrected chi connectivity index (χ3v) is 5.00. The van der Waals surface area contributed by atoms with Crippen molar-refractivity contribution in [2.75, 3.05) is 5.32 Å². The molecule has 0 aliphatic heterocycles. The van der Waals surface area contributed by atoms with E-state index in [1.807, 2.05) is 6.07 Å². The summed E-state index contributed by atoms with van der Waals surface area (Å²) in [4.78, 5) is 17.6. The molecule has 178 valence electrons. The van der Waals surface area contributed by atoms with Gasteiger partial charge in [0.15, 0.2) is 0 Å². The van der Waals surface area contributed by atoms with Crippen LogP contribution in [-0.4, -0.2) is 37.6 Å². The Morgan fingerprint density at radius 3 is 2.56 bits per heavy atom. The molecule has 0 saturated heterocycles. The number of hydrogen-bond donors (Lipinski definition) is 1. The van der Waals surface area contributed by atoms with E-state index < -0.39 is 18.3 Å². The highest BCUT2D eigenvalue weighted by molar-refractivity contribution is 6.33. The van der Waals surface area contributed by atoms with Gasteiger partial charge in [-0.25, -0.2) is 14.3 Å². The first-order valence-corrected chi connectivity index (χ1v) is 10.6. The highest BCUT2D eigenvalue weighted by atomic mass is 35.5. The molecule has 4 rings (SSSR count). The molecule has 0 bridgehead atoms. The summed E-state index contributed by atoms with van der Waals surface area (Å²) in [5.74, 6) is 0.325. The molecule has 0 unspecified atom stereocenters. The standard InChI is InChI=1S/C23H22ClF2N5O3/c1-23(2,3)34-22(32)31-18(14-11-28-30(4)12-14)7-13-10-27-20(9-19(13)31)29-17-6-5-15(8-16(17)24)33-21(25)26/h5-12,21H,1-4H3,(H,27,29). The Kier molecular flexibility index (Phi) is 6.18. The molecule has 0 amide bonds. The first kappa shape index (κ1) is 23.5. The van der Waals surface area contributed by atoms with Gasteiger partial charge in [-0.2, -0.15) is 13.9 Å². The van der Waals surface area contributed by atoms with Crippen LogP contribution in [0.5, 0.6) is 5.75 Å². The van der Waals surface area contributed by atoms with Gasteiger partial charge < -0.3 is 14.8 Å². The summed E-state index contributed by atoms with van der Waals surface area (Å²) in [5.41, 5.74) is 1.61. The maximum atomic E-state index is 13.2. The number of carbonyl (C=O) groups is 1. The van der Waals surface area contributed by atoms with Crippen molar-refractivity contribution in [3.63, 3.8) is 0 Å². The minimum Gasteiger partial charge on any atom is -0.443 e. The average Bonchev–Trinajstić information content (AvgIpc) is 3.31. The second-order valence-electron chi connectivity index (χ2n) is 8.52. The third kappa shape index (κ3) is 5.12. The summed E-state index contributed by atoms with van der Waals surface area (Å²) in [6.45, 7) is 2.42. The number of rotatable bonds is 5. The Morgan fingerprint density at radius 1 is 1.18 bits per heavy atom. The number of carbonyl (C=O) groups excluding carboxylic acids is 1. The molecule has 8 nitrogen and oxygen atoms in total. The molecule has 3 heterocycles. The number of fused-ring (bicyclic) bond motifs is 1. The molecule has 0 radical (unpaired) electrons. The maximum absolute atomic E-state index is 13.2. The summed E-state index contributed by atoms with van der Waals surface area (Å²) in [5, 5.41) is 8.12. The van der Waals surface area contributed by atoms with Crippen molar-refractivity contribution in [3.05, 3.63) is 53.9 Å². The monoisotopic (exact) mass is 489 g/mol. The number of nitrogens with one attached hydrogen (secondary N) is 1. The van der Waals surface area contributed by atoms with Gasteiger partial charge >= 0.3 is 12.7 Å². The van der Waals surface area contributed by atoms with Crippen LogP contribution in [0.25, 0.3) is 22.2 Å². The van der Waals surface area contributed by atoms with E-state index in [0.717, 1.165) is 5.56 Å². The number of alkyl halides is 2. The molecule has 3 aromatic heterocycles. The number of aryl methyl sites for hydroxylation is 1. The largest absolute Gasteiger partial charge is 0.443 e. The van der Waals surface area contributed by atoms with E-state index in [0.29, 0.717) is 28.1 Å². The number of pyridine rings is 1. The van der Waals surface area contributed by atoms with Gasteiger partial charge in [-0.05, 0) is 39.0 Å². The SMILES string of the molecule is Cn1cc(-c2cc3cnc(Nc4ccc(OC(F)F)cc4Cl)cc3n2C(=O)OC(C)(C)C)cn1. The van der Waals surface area contributed by atoms with Crippen LogP contribution in [0.3, 0.4) is 0 Å². The van der Waals surface area contributed by atoms with Crippen LogP contribution in [0.15, 0.2) is 48.9 Å². The van der Waals surface area contributed by atoms with E-state index >= 15 is 0 Å². The summed E-state index contributed by atoms with van der Waals surface area (Å²) >= 11 is 6.22. The molecule has 11 heteroatoms. The van der Waals surface area contributed by atoms with E-state index in [4.69, 9.17) is 16.3 Å². The molecular formula is C23H22ClF2N5O3. The minimum absolute atomic E-state index is 0.0612. The fourth-order valence-electron chi connectivity index (χ4n) is 3.35. The number of anilines is 2. The van der Waals surface area contributed by atoms with E-state index in [9.17, 15) is 13.6 Å². The second kappa shape index (κ2) is 8.94. The number of nitrogens with zero attached hydrogens (tertiary/aromatic N) is 4. The van der Waals surface area contributed by atoms with Crippen molar-refractivity contribution < 1.29 is 23.0 Å². The topological polar surface area (TPSA) is 83.2 Å². The van der Waals surface area contributed by atoms with Crippen molar-refractivity contribution in [2.45, 2.75) is 33.0 Å². The van der Waals surface area contributed by atoms with Gasteiger partial charge in [-0.3, -0.25) is 4.68 Å². The maximum Gasteiger partial charge on any atom is 0.419 e. The third-order valence-electron chi connectivity index (χ3n) is 4.69. The molecule has 0 atom stereocenters. The van der Waals surface area contributed by atoms with Crippen LogP contribution >= 0.6 is 11.6 Å². The first-order chi connectivity index (χ1) is 16.0. The molecule has 0 aliphatic carbocycles. The Hall–Kier alpha value is -3.66. The van der Waals surface area contributed by atoms with Crippen molar-refractivity contribution >= 4 is 40.1 Å². The van der Waals surface area contributed by atoms with Crippen LogP contribution in [0, 0.1) is 0 Å². The average molecular weight is 490 g/mol. The number of aromatic nitrogens is 4. The van der Waals surface area contributed by atoms with Crippen LogP contribution in [0.4, 0.5) is 25.1 Å². The summed E-state index contributed by atoms with van der Waals surface area (Å²) in [6.07, 6.45) is 4.51. The smallest absolute Gasteiger partial charge is 0.419 e. The number of ether oxygens (including phenoxy) is 2. The zero-order valence-corrected chi connectivity index (χ0v) is 19.6. The lowest BCUT2D eigenvalue weighted by Gasteiger charge is -2.21. The van der Waals surface area contributed by atoms with Gasteiger partial charge in [0.2, 0.25) is 0 Å². The van der Waals surface area contributed by atoms with Crippen molar-refractivity contribution in [1.82, 2.24) is 19.3 Å². The zero-order chi connectivity index (χ0) is 24.6. The Morgan fingerprint density at radius 2 is 1.94 bits per heavy atom. The number of halogens is 3. The predicted octanol–water partition coefficient (Wildman–Crippen LogP) is 6.22. The van der Waals surface area contributed by atoms with Gasteiger partial charge in [0.25, 0.3) is 0 Å². The Bertz CT molecular complexity index is 1360. The van der Waals surface area contributed by atoms with E-state index in [1.54, 1.807) is 57.2 Å². The zero-order valence-electron chi connectivity index (χ0n) is 18.8. The molecule has 0 fully saturated rings. The van der Waals surface area contributed by atoms with Crippen molar-refractivity contribution in [1.29, 1.82) is 0 Å². The number of benzene rings is 1. The molecular weight excluding hydrogens is 468 g/mol. The predicted molar refractivity (Wildman–Crippen MR) is 125 cm³/mol.